The Hall–Kier alpha value is -1.32. The molecular formula is C16H18BrNO. The Labute approximate surface area is 122 Å². The van der Waals surface area contributed by atoms with Crippen LogP contribution in [0.1, 0.15) is 22.7 Å². The van der Waals surface area contributed by atoms with E-state index >= 15 is 0 Å². The van der Waals surface area contributed by atoms with E-state index in [4.69, 9.17) is 10.5 Å². The fourth-order valence-electron chi connectivity index (χ4n) is 2.15. The summed E-state index contributed by atoms with van der Waals surface area (Å²) >= 11 is 3.56. The summed E-state index contributed by atoms with van der Waals surface area (Å²) in [7, 11) is 1.68. The molecule has 0 fully saturated rings. The molecule has 0 aliphatic rings. The molecule has 0 aromatic heterocycles. The number of hydrogen-bond donors (Lipinski definition) is 1. The fourth-order valence-corrected chi connectivity index (χ4v) is 2.60. The molecule has 1 unspecified atom stereocenters. The summed E-state index contributed by atoms with van der Waals surface area (Å²) in [6.07, 6.45) is 0.779. The van der Waals surface area contributed by atoms with Crippen molar-refractivity contribution in [1.82, 2.24) is 0 Å². The van der Waals surface area contributed by atoms with E-state index in [0.29, 0.717) is 0 Å². The average Bonchev–Trinajstić information content (AvgIpc) is 2.41. The minimum Gasteiger partial charge on any atom is -0.496 e. The van der Waals surface area contributed by atoms with Crippen LogP contribution < -0.4 is 10.5 Å². The summed E-state index contributed by atoms with van der Waals surface area (Å²) < 4.78 is 6.49. The van der Waals surface area contributed by atoms with Gasteiger partial charge in [-0.3, -0.25) is 0 Å². The third-order valence-electron chi connectivity index (χ3n) is 3.18. The number of hydrogen-bond acceptors (Lipinski definition) is 2. The van der Waals surface area contributed by atoms with E-state index < -0.39 is 0 Å². The van der Waals surface area contributed by atoms with Crippen LogP contribution in [0.3, 0.4) is 0 Å². The number of halogens is 1. The summed E-state index contributed by atoms with van der Waals surface area (Å²) in [4.78, 5) is 0. The lowest BCUT2D eigenvalue weighted by Crippen LogP contribution is -2.15. The van der Waals surface area contributed by atoms with Crippen LogP contribution in [0.4, 0.5) is 0 Å². The van der Waals surface area contributed by atoms with Crippen LogP contribution in [-0.4, -0.2) is 7.11 Å². The highest BCUT2D eigenvalue weighted by atomic mass is 79.9. The van der Waals surface area contributed by atoms with Crippen LogP contribution in [0.25, 0.3) is 0 Å². The van der Waals surface area contributed by atoms with Crippen molar-refractivity contribution in [2.24, 2.45) is 5.73 Å². The van der Waals surface area contributed by atoms with Crippen molar-refractivity contribution in [2.75, 3.05) is 7.11 Å². The van der Waals surface area contributed by atoms with Crippen molar-refractivity contribution in [3.63, 3.8) is 0 Å². The summed E-state index contributed by atoms with van der Waals surface area (Å²) in [5.41, 5.74) is 9.79. The standard InChI is InChI=1S/C16H18BrNO/c1-11-7-8-16(19-2)13(9-11)15(18)10-12-5-3-4-6-14(12)17/h3-9,15H,10,18H2,1-2H3. The molecular weight excluding hydrogens is 302 g/mol. The summed E-state index contributed by atoms with van der Waals surface area (Å²) in [5, 5.41) is 0. The minimum absolute atomic E-state index is 0.0754. The van der Waals surface area contributed by atoms with E-state index in [1.165, 1.54) is 11.1 Å². The summed E-state index contributed by atoms with van der Waals surface area (Å²) in [6.45, 7) is 2.06. The minimum atomic E-state index is -0.0754. The number of ether oxygens (including phenoxy) is 1. The molecule has 2 aromatic rings. The van der Waals surface area contributed by atoms with Gasteiger partial charge in [0.15, 0.2) is 0 Å². The van der Waals surface area contributed by atoms with Gasteiger partial charge in [0.1, 0.15) is 5.75 Å². The molecule has 2 nitrogen and oxygen atoms in total. The number of nitrogens with two attached hydrogens (primary N) is 1. The number of rotatable bonds is 4. The Morgan fingerprint density at radius 1 is 1.21 bits per heavy atom. The van der Waals surface area contributed by atoms with Gasteiger partial charge in [0.2, 0.25) is 0 Å². The zero-order valence-corrected chi connectivity index (χ0v) is 12.8. The van der Waals surface area contributed by atoms with Crippen molar-refractivity contribution < 1.29 is 4.74 Å². The van der Waals surface area contributed by atoms with Crippen LogP contribution in [0.2, 0.25) is 0 Å². The molecule has 0 spiro atoms. The summed E-state index contributed by atoms with van der Waals surface area (Å²) in [6, 6.07) is 14.2. The van der Waals surface area contributed by atoms with Gasteiger partial charge in [-0.05, 0) is 31.0 Å². The van der Waals surface area contributed by atoms with Gasteiger partial charge in [0, 0.05) is 16.1 Å². The quantitative estimate of drug-likeness (QED) is 0.924. The van der Waals surface area contributed by atoms with Gasteiger partial charge in [-0.25, -0.2) is 0 Å². The number of benzene rings is 2. The monoisotopic (exact) mass is 319 g/mol. The molecule has 2 aromatic carbocycles. The second kappa shape index (κ2) is 6.22. The molecule has 1 atom stereocenters. The Bertz CT molecular complexity index is 568. The zero-order valence-electron chi connectivity index (χ0n) is 11.2. The van der Waals surface area contributed by atoms with E-state index in [0.717, 1.165) is 22.2 Å². The van der Waals surface area contributed by atoms with Gasteiger partial charge >= 0.3 is 0 Å². The van der Waals surface area contributed by atoms with E-state index in [-0.39, 0.29) is 6.04 Å². The van der Waals surface area contributed by atoms with Gasteiger partial charge in [0.25, 0.3) is 0 Å². The Morgan fingerprint density at radius 2 is 1.95 bits per heavy atom. The zero-order chi connectivity index (χ0) is 13.8. The highest BCUT2D eigenvalue weighted by molar-refractivity contribution is 9.10. The molecule has 0 aliphatic heterocycles. The van der Waals surface area contributed by atoms with E-state index in [9.17, 15) is 0 Å². The molecule has 0 radical (unpaired) electrons. The Morgan fingerprint density at radius 3 is 2.63 bits per heavy atom. The second-order valence-electron chi connectivity index (χ2n) is 4.65. The fraction of sp³-hybridized carbons (Fsp3) is 0.250. The van der Waals surface area contributed by atoms with E-state index in [2.05, 4.69) is 35.0 Å². The normalized spacial score (nSPS) is 12.2. The first-order valence-corrected chi connectivity index (χ1v) is 7.04. The maximum absolute atomic E-state index is 6.34. The van der Waals surface area contributed by atoms with Crippen LogP contribution in [0.15, 0.2) is 46.9 Å². The largest absolute Gasteiger partial charge is 0.496 e. The second-order valence-corrected chi connectivity index (χ2v) is 5.50. The molecule has 0 bridgehead atoms. The maximum Gasteiger partial charge on any atom is 0.123 e. The van der Waals surface area contributed by atoms with Crippen molar-refractivity contribution in [3.05, 3.63) is 63.6 Å². The first kappa shape index (κ1) is 14.1. The molecule has 0 heterocycles. The predicted octanol–water partition coefficient (Wildman–Crippen LogP) is 4.01. The number of aryl methyl sites for hydroxylation is 1. The molecule has 2 rings (SSSR count). The van der Waals surface area contributed by atoms with E-state index in [1.807, 2.05) is 30.3 Å². The molecule has 3 heteroatoms. The van der Waals surface area contributed by atoms with Crippen molar-refractivity contribution >= 4 is 15.9 Å². The lowest BCUT2D eigenvalue weighted by atomic mass is 9.97. The lowest BCUT2D eigenvalue weighted by molar-refractivity contribution is 0.405. The first-order valence-electron chi connectivity index (χ1n) is 6.25. The molecule has 0 amide bonds. The summed E-state index contributed by atoms with van der Waals surface area (Å²) in [5.74, 6) is 0.852. The van der Waals surface area contributed by atoms with Crippen molar-refractivity contribution in [1.29, 1.82) is 0 Å². The van der Waals surface area contributed by atoms with Crippen molar-refractivity contribution in [3.8, 4) is 5.75 Å². The highest BCUT2D eigenvalue weighted by Gasteiger charge is 2.14. The molecule has 0 saturated carbocycles. The molecule has 0 aliphatic carbocycles. The molecule has 19 heavy (non-hydrogen) atoms. The van der Waals surface area contributed by atoms with Crippen LogP contribution in [0, 0.1) is 6.92 Å². The highest BCUT2D eigenvalue weighted by Crippen LogP contribution is 2.29. The average molecular weight is 320 g/mol. The van der Waals surface area contributed by atoms with Crippen LogP contribution >= 0.6 is 15.9 Å². The first-order chi connectivity index (χ1) is 9.11. The van der Waals surface area contributed by atoms with Gasteiger partial charge in [-0.15, -0.1) is 0 Å². The van der Waals surface area contributed by atoms with Gasteiger partial charge in [-0.2, -0.15) is 0 Å². The third-order valence-corrected chi connectivity index (χ3v) is 3.96. The van der Waals surface area contributed by atoms with Crippen LogP contribution in [-0.2, 0) is 6.42 Å². The van der Waals surface area contributed by atoms with E-state index in [1.54, 1.807) is 7.11 Å². The SMILES string of the molecule is COc1ccc(C)cc1C(N)Cc1ccccc1Br. The van der Waals surface area contributed by atoms with Gasteiger partial charge < -0.3 is 10.5 Å². The lowest BCUT2D eigenvalue weighted by Gasteiger charge is -2.17. The number of methoxy groups -OCH3 is 1. The van der Waals surface area contributed by atoms with Crippen LogP contribution in [0.5, 0.6) is 5.75 Å². The van der Waals surface area contributed by atoms with Gasteiger partial charge in [0.05, 0.1) is 7.11 Å². The molecule has 0 saturated heterocycles. The van der Waals surface area contributed by atoms with Crippen molar-refractivity contribution in [2.45, 2.75) is 19.4 Å². The topological polar surface area (TPSA) is 35.2 Å². The smallest absolute Gasteiger partial charge is 0.123 e. The third kappa shape index (κ3) is 3.37. The van der Waals surface area contributed by atoms with Gasteiger partial charge in [-0.1, -0.05) is 51.8 Å². The predicted molar refractivity (Wildman–Crippen MR) is 82.5 cm³/mol. The Kier molecular flexibility index (Phi) is 4.61. The molecule has 2 N–H and O–H groups in total. The Balaban J connectivity index is 2.27. The molecule has 100 valence electrons. The maximum atomic E-state index is 6.34.